The van der Waals surface area contributed by atoms with Gasteiger partial charge in [0.1, 0.15) is 0 Å². The van der Waals surface area contributed by atoms with Crippen molar-refractivity contribution in [1.29, 1.82) is 0 Å². The van der Waals surface area contributed by atoms with Crippen LogP contribution in [0.25, 0.3) is 0 Å². The van der Waals surface area contributed by atoms with Gasteiger partial charge in [0.15, 0.2) is 22.9 Å². The van der Waals surface area contributed by atoms with Crippen LogP contribution >= 0.6 is 0 Å². The minimum absolute atomic E-state index is 0.0850. The number of nitro groups is 4. The molecule has 3 aromatic rings. The van der Waals surface area contributed by atoms with Crippen LogP contribution in [0.5, 0.6) is 5.75 Å². The number of anilines is 4. The number of rotatable bonds is 9. The number of fused-ring (bicyclic) bond motifs is 4. The molecule has 2 heterocycles. The average Bonchev–Trinajstić information content (AvgIpc) is 3.56. The molecule has 22 heteroatoms. The maximum Gasteiger partial charge on any atom is 0.301 e. The van der Waals surface area contributed by atoms with E-state index in [1.54, 1.807) is 6.08 Å². The summed E-state index contributed by atoms with van der Waals surface area (Å²) in [6, 6.07) is 6.71. The van der Waals surface area contributed by atoms with Gasteiger partial charge in [0.25, 0.3) is 0 Å². The van der Waals surface area contributed by atoms with Gasteiger partial charge in [-0.3, -0.25) is 59.6 Å². The number of allylic oxidation sites excluding steroid dienone is 2. The minimum Gasteiger partial charge on any atom is -0.505 e. The van der Waals surface area contributed by atoms with Crippen molar-refractivity contribution in [3.05, 3.63) is 106 Å². The van der Waals surface area contributed by atoms with E-state index in [-0.39, 0.29) is 24.1 Å². The normalized spacial score (nSPS) is 23.6. The summed E-state index contributed by atoms with van der Waals surface area (Å²) in [6.45, 7) is 0. The number of carbonyl (C=O) groups excluding carboxylic acids is 4. The number of amides is 4. The Bertz CT molecular complexity index is 2400. The van der Waals surface area contributed by atoms with Crippen LogP contribution in [0.1, 0.15) is 24.3 Å². The molecule has 6 unspecified atom stereocenters. The van der Waals surface area contributed by atoms with Crippen molar-refractivity contribution in [2.24, 2.45) is 29.6 Å². The highest BCUT2D eigenvalue weighted by Crippen LogP contribution is 2.59. The molecule has 0 bridgehead atoms. The van der Waals surface area contributed by atoms with Crippen molar-refractivity contribution in [3.63, 3.8) is 0 Å². The Morgan fingerprint density at radius 3 is 1.48 bits per heavy atom. The maximum atomic E-state index is 15.0. The maximum absolute atomic E-state index is 15.0. The number of nitro benzene ring substituents is 4. The van der Waals surface area contributed by atoms with Crippen LogP contribution in [0.2, 0.25) is 0 Å². The van der Waals surface area contributed by atoms with E-state index >= 15 is 4.39 Å². The van der Waals surface area contributed by atoms with E-state index < -0.39 is 130 Å². The first-order valence-corrected chi connectivity index (χ1v) is 17.5. The van der Waals surface area contributed by atoms with Crippen LogP contribution in [0.3, 0.4) is 0 Å². The molecule has 300 valence electrons. The lowest BCUT2D eigenvalue weighted by Crippen LogP contribution is -2.43. The Hall–Kier alpha value is -7.39. The highest BCUT2D eigenvalue weighted by molar-refractivity contribution is 6.24. The molecule has 2 aliphatic heterocycles. The molecule has 4 amide bonds. The van der Waals surface area contributed by atoms with Crippen LogP contribution in [0.15, 0.2) is 54.1 Å². The quantitative estimate of drug-likeness (QED) is 0.136. The molecule has 0 radical (unpaired) electrons. The second-order valence-electron chi connectivity index (χ2n) is 14.7. The first-order chi connectivity index (χ1) is 27.3. The zero-order valence-electron chi connectivity index (χ0n) is 30.8. The number of carbonyl (C=O) groups is 4. The summed E-state index contributed by atoms with van der Waals surface area (Å²) < 4.78 is 15.0. The summed E-state index contributed by atoms with van der Waals surface area (Å²) in [4.78, 5) is 106. The monoisotopic (exact) mass is 802 g/mol. The molecule has 2 saturated heterocycles. The van der Waals surface area contributed by atoms with Crippen LogP contribution in [0.4, 0.5) is 49.9 Å². The van der Waals surface area contributed by atoms with E-state index in [0.717, 1.165) is 46.2 Å². The molecule has 6 atom stereocenters. The van der Waals surface area contributed by atoms with Crippen molar-refractivity contribution in [3.8, 4) is 5.75 Å². The highest BCUT2D eigenvalue weighted by atomic mass is 19.1. The zero-order chi connectivity index (χ0) is 42.4. The van der Waals surface area contributed by atoms with E-state index in [0.29, 0.717) is 15.4 Å². The average molecular weight is 803 g/mol. The SMILES string of the molecule is CN(C)c1c([N+](=O)[O-])cc(N2C(=O)C3CC=C4C(CC5C(=O)N(c6cc([N+](=O)[O-])c(N(C)C)c([N+](=O)[O-])c6)C(=O)C5C4c4ccc(O)c(F)c4)C3C2=O)cc1[N+](=O)[O-]. The summed E-state index contributed by atoms with van der Waals surface area (Å²) in [7, 11) is 5.34. The molecule has 3 fully saturated rings. The Kier molecular flexibility index (Phi) is 9.16. The van der Waals surface area contributed by atoms with Gasteiger partial charge in [-0.2, -0.15) is 0 Å². The van der Waals surface area contributed by atoms with Crippen molar-refractivity contribution in [1.82, 2.24) is 0 Å². The van der Waals surface area contributed by atoms with Gasteiger partial charge in [0.05, 0.1) is 54.7 Å². The van der Waals surface area contributed by atoms with Gasteiger partial charge in [0, 0.05) is 58.4 Å². The molecule has 3 aromatic carbocycles. The number of imide groups is 2. The van der Waals surface area contributed by atoms with Gasteiger partial charge < -0.3 is 14.9 Å². The second-order valence-corrected chi connectivity index (χ2v) is 14.7. The number of phenols is 1. The fourth-order valence-corrected chi connectivity index (χ4v) is 9.10. The fourth-order valence-electron chi connectivity index (χ4n) is 9.10. The van der Waals surface area contributed by atoms with E-state index in [2.05, 4.69) is 0 Å². The Labute approximate surface area is 325 Å². The van der Waals surface area contributed by atoms with E-state index in [9.17, 15) is 64.7 Å². The second kappa shape index (κ2) is 13.7. The molecule has 1 N–H and O–H groups in total. The molecule has 4 aliphatic rings. The van der Waals surface area contributed by atoms with Crippen molar-refractivity contribution < 1.29 is 48.4 Å². The van der Waals surface area contributed by atoms with Gasteiger partial charge in [0.2, 0.25) is 23.6 Å². The van der Waals surface area contributed by atoms with Crippen molar-refractivity contribution in [2.75, 3.05) is 47.8 Å². The summed E-state index contributed by atoms with van der Waals surface area (Å²) in [5, 5.41) is 58.6. The predicted molar refractivity (Wildman–Crippen MR) is 199 cm³/mol. The molecule has 0 spiro atoms. The summed E-state index contributed by atoms with van der Waals surface area (Å²) in [5.41, 5.74) is -4.37. The largest absolute Gasteiger partial charge is 0.505 e. The molecule has 0 aromatic heterocycles. The summed E-state index contributed by atoms with van der Waals surface area (Å²) in [5.74, 6) is -12.8. The summed E-state index contributed by atoms with van der Waals surface area (Å²) >= 11 is 0. The molecular formula is C36H31FN8O13. The predicted octanol–water partition coefficient (Wildman–Crippen LogP) is 4.34. The lowest BCUT2D eigenvalue weighted by Gasteiger charge is -2.44. The third-order valence-electron chi connectivity index (χ3n) is 11.3. The third-order valence-corrected chi connectivity index (χ3v) is 11.3. The minimum atomic E-state index is -1.35. The first-order valence-electron chi connectivity index (χ1n) is 17.5. The van der Waals surface area contributed by atoms with Gasteiger partial charge in [-0.1, -0.05) is 17.7 Å². The molecular weight excluding hydrogens is 771 g/mol. The van der Waals surface area contributed by atoms with Crippen molar-refractivity contribution >= 4 is 69.1 Å². The number of hydrogen-bond donors (Lipinski definition) is 1. The molecule has 58 heavy (non-hydrogen) atoms. The topological polar surface area (TPSA) is 274 Å². The number of halogens is 1. The number of phenolic OH excluding ortho intramolecular Hbond substituents is 1. The Morgan fingerprint density at radius 2 is 1.07 bits per heavy atom. The zero-order valence-corrected chi connectivity index (χ0v) is 30.8. The van der Waals surface area contributed by atoms with Crippen LogP contribution in [-0.4, -0.2) is 76.6 Å². The van der Waals surface area contributed by atoms with E-state index in [1.165, 1.54) is 34.3 Å². The number of benzene rings is 3. The van der Waals surface area contributed by atoms with E-state index in [1.807, 2.05) is 0 Å². The molecule has 2 aliphatic carbocycles. The molecule has 21 nitrogen and oxygen atoms in total. The van der Waals surface area contributed by atoms with Crippen LogP contribution in [-0.2, 0) is 19.2 Å². The fraction of sp³-hybridized carbons (Fsp3) is 0.333. The van der Waals surface area contributed by atoms with Gasteiger partial charge >= 0.3 is 22.7 Å². The third kappa shape index (κ3) is 5.73. The lowest BCUT2D eigenvalue weighted by molar-refractivity contribution is -0.392. The standard InChI is InChI=1S/C36H31FN8O13/c1-38(2)31-23(42(51)52)10-16(11-24(31)43(53)54)40-33(47)19-7-6-18-20(29(19)35(40)49)14-21-30(28(18)15-5-8-27(46)22(37)9-15)36(50)41(34(21)48)17-12-25(44(55)56)32(39(3)4)26(13-17)45(57)58/h5-6,8-13,19-21,28-30,46H,7,14H2,1-4H3. The highest BCUT2D eigenvalue weighted by Gasteiger charge is 2.62. The number of nitrogens with zero attached hydrogens (tertiary/aromatic N) is 8. The summed E-state index contributed by atoms with van der Waals surface area (Å²) in [6.07, 6.45) is 1.17. The first kappa shape index (κ1) is 38.9. The van der Waals surface area contributed by atoms with Crippen LogP contribution in [0, 0.1) is 75.9 Å². The van der Waals surface area contributed by atoms with Gasteiger partial charge in [-0.15, -0.1) is 0 Å². The Balaban J connectivity index is 1.36. The number of hydrogen-bond acceptors (Lipinski definition) is 15. The van der Waals surface area contributed by atoms with Gasteiger partial charge in [-0.05, 0) is 36.5 Å². The smallest absolute Gasteiger partial charge is 0.301 e. The lowest BCUT2D eigenvalue weighted by atomic mass is 9.57. The van der Waals surface area contributed by atoms with E-state index in [4.69, 9.17) is 0 Å². The number of aromatic hydroxyl groups is 1. The van der Waals surface area contributed by atoms with Gasteiger partial charge in [-0.25, -0.2) is 14.2 Å². The molecule has 1 saturated carbocycles. The Morgan fingerprint density at radius 1 is 0.638 bits per heavy atom. The van der Waals surface area contributed by atoms with Crippen LogP contribution < -0.4 is 19.6 Å². The molecule has 7 rings (SSSR count). The van der Waals surface area contributed by atoms with Crippen molar-refractivity contribution in [2.45, 2.75) is 18.8 Å².